The molecular formula is C32H40N8O3. The van der Waals surface area contributed by atoms with Crippen LogP contribution < -0.4 is 27.0 Å². The number of anilines is 1. The van der Waals surface area contributed by atoms with E-state index in [1.54, 1.807) is 4.90 Å². The molecule has 2 fully saturated rings. The van der Waals surface area contributed by atoms with Crippen molar-refractivity contribution in [3.63, 3.8) is 0 Å². The summed E-state index contributed by atoms with van der Waals surface area (Å²) in [5.74, 6) is -1.32. The second-order valence-electron chi connectivity index (χ2n) is 11.4. The molecule has 1 atom stereocenters. The monoisotopic (exact) mass is 584 g/mol. The Morgan fingerprint density at radius 2 is 1.65 bits per heavy atom. The standard InChI is InChI=1S/C32H40N8O3/c33-29(42)27(14-7-17-36-31(34)35)37-28(41)21-39-22-40(25-11-2-1-3-12-25)32(30(39)43)15-18-38(19-16-32)20-24-10-6-9-23-8-4-5-13-26(23)24/h1-6,8-13,27H,7,14-22H2,(H2,33,42)(H,37,41)(H4,34,35,36). The van der Waals surface area contributed by atoms with Gasteiger partial charge in [-0.2, -0.15) is 0 Å². The molecule has 3 aromatic rings. The zero-order chi connectivity index (χ0) is 30.4. The molecule has 0 aliphatic carbocycles. The number of carbonyl (C=O) groups is 3. The summed E-state index contributed by atoms with van der Waals surface area (Å²) >= 11 is 0. The first kappa shape index (κ1) is 29.8. The fourth-order valence-electron chi connectivity index (χ4n) is 6.30. The highest BCUT2D eigenvalue weighted by Gasteiger charge is 2.54. The molecule has 5 rings (SSSR count). The lowest BCUT2D eigenvalue weighted by atomic mass is 9.85. The SMILES string of the molecule is N=C(N)NCCCC(NC(=O)CN1CN(c2ccccc2)C2(CCN(Cc3cccc4ccccc34)CC2)C1=O)C(N)=O. The molecule has 7 N–H and O–H groups in total. The zero-order valence-corrected chi connectivity index (χ0v) is 24.3. The molecule has 11 heteroatoms. The summed E-state index contributed by atoms with van der Waals surface area (Å²) in [6.45, 7) is 2.79. The molecule has 2 heterocycles. The Morgan fingerprint density at radius 3 is 2.37 bits per heavy atom. The molecule has 0 saturated carbocycles. The molecule has 11 nitrogen and oxygen atoms in total. The number of nitrogens with two attached hydrogens (primary N) is 2. The number of nitrogens with one attached hydrogen (secondary N) is 3. The highest BCUT2D eigenvalue weighted by Crippen LogP contribution is 2.39. The van der Waals surface area contributed by atoms with Crippen LogP contribution in [0.2, 0.25) is 0 Å². The number of amides is 3. The highest BCUT2D eigenvalue weighted by atomic mass is 16.2. The minimum Gasteiger partial charge on any atom is -0.370 e. The lowest BCUT2D eigenvalue weighted by Crippen LogP contribution is -2.56. The van der Waals surface area contributed by atoms with E-state index in [0.717, 1.165) is 25.3 Å². The van der Waals surface area contributed by atoms with Gasteiger partial charge < -0.3 is 31.9 Å². The predicted molar refractivity (Wildman–Crippen MR) is 167 cm³/mol. The number of hydrogen-bond donors (Lipinski definition) is 5. The highest BCUT2D eigenvalue weighted by molar-refractivity contribution is 5.97. The Morgan fingerprint density at radius 1 is 0.953 bits per heavy atom. The Bertz CT molecular complexity index is 1470. The fraction of sp³-hybridized carbons (Fsp3) is 0.375. The molecule has 3 amide bonds. The molecule has 2 aliphatic rings. The third kappa shape index (κ3) is 6.72. The van der Waals surface area contributed by atoms with E-state index in [2.05, 4.69) is 62.9 Å². The summed E-state index contributed by atoms with van der Waals surface area (Å²) in [6.07, 6.45) is 2.05. The van der Waals surface area contributed by atoms with Gasteiger partial charge in [0.2, 0.25) is 17.7 Å². The van der Waals surface area contributed by atoms with Crippen LogP contribution >= 0.6 is 0 Å². The van der Waals surface area contributed by atoms with Gasteiger partial charge in [0.1, 0.15) is 18.1 Å². The maximum absolute atomic E-state index is 14.1. The van der Waals surface area contributed by atoms with Crippen molar-refractivity contribution in [3.8, 4) is 0 Å². The van der Waals surface area contributed by atoms with E-state index in [1.165, 1.54) is 16.3 Å². The van der Waals surface area contributed by atoms with Crippen molar-refractivity contribution in [1.82, 2.24) is 20.4 Å². The molecule has 0 radical (unpaired) electrons. The molecule has 2 aliphatic heterocycles. The Labute approximate surface area is 251 Å². The van der Waals surface area contributed by atoms with Crippen molar-refractivity contribution in [1.29, 1.82) is 5.41 Å². The number of carbonyl (C=O) groups excluding carboxylic acids is 3. The maximum Gasteiger partial charge on any atom is 0.250 e. The Hall–Kier alpha value is -4.64. The predicted octanol–water partition coefficient (Wildman–Crippen LogP) is 1.71. The van der Waals surface area contributed by atoms with Crippen molar-refractivity contribution in [2.75, 3.05) is 37.7 Å². The minimum absolute atomic E-state index is 0.0717. The van der Waals surface area contributed by atoms with Crippen LogP contribution in [0.5, 0.6) is 0 Å². The minimum atomic E-state index is -0.879. The Balaban J connectivity index is 1.27. The van der Waals surface area contributed by atoms with Crippen LogP contribution in [0.4, 0.5) is 5.69 Å². The van der Waals surface area contributed by atoms with Crippen LogP contribution in [0.3, 0.4) is 0 Å². The fourth-order valence-corrected chi connectivity index (χ4v) is 6.30. The molecular weight excluding hydrogens is 544 g/mol. The normalized spacial score (nSPS) is 17.3. The van der Waals surface area contributed by atoms with E-state index in [-0.39, 0.29) is 25.1 Å². The van der Waals surface area contributed by atoms with Crippen LogP contribution in [-0.2, 0) is 20.9 Å². The third-order valence-corrected chi connectivity index (χ3v) is 8.54. The lowest BCUT2D eigenvalue weighted by molar-refractivity contribution is -0.137. The van der Waals surface area contributed by atoms with Gasteiger partial charge in [0.15, 0.2) is 5.96 Å². The summed E-state index contributed by atoms with van der Waals surface area (Å²) in [5.41, 5.74) is 12.3. The van der Waals surface area contributed by atoms with E-state index in [1.807, 2.05) is 30.3 Å². The van der Waals surface area contributed by atoms with E-state index >= 15 is 0 Å². The molecule has 1 unspecified atom stereocenters. The number of likely N-dealkylation sites (tertiary alicyclic amines) is 1. The number of nitrogens with zero attached hydrogens (tertiary/aromatic N) is 3. The van der Waals surface area contributed by atoms with E-state index in [4.69, 9.17) is 16.9 Å². The third-order valence-electron chi connectivity index (χ3n) is 8.54. The second kappa shape index (κ2) is 13.1. The van der Waals surface area contributed by atoms with Gasteiger partial charge in [-0.1, -0.05) is 60.7 Å². The van der Waals surface area contributed by atoms with Crippen molar-refractivity contribution < 1.29 is 14.4 Å². The van der Waals surface area contributed by atoms with Crippen LogP contribution in [0.25, 0.3) is 10.8 Å². The van der Waals surface area contributed by atoms with Gasteiger partial charge in [0.05, 0.1) is 6.67 Å². The lowest BCUT2D eigenvalue weighted by Gasteiger charge is -2.43. The van der Waals surface area contributed by atoms with Crippen molar-refractivity contribution in [2.24, 2.45) is 11.5 Å². The molecule has 43 heavy (non-hydrogen) atoms. The first-order valence-corrected chi connectivity index (χ1v) is 14.7. The van der Waals surface area contributed by atoms with Crippen molar-refractivity contribution in [3.05, 3.63) is 78.4 Å². The van der Waals surface area contributed by atoms with Crippen LogP contribution in [-0.4, -0.2) is 77.9 Å². The topological polar surface area (TPSA) is 161 Å². The van der Waals surface area contributed by atoms with Crippen LogP contribution in [0.1, 0.15) is 31.2 Å². The molecule has 0 aromatic heterocycles. The maximum atomic E-state index is 14.1. The molecule has 226 valence electrons. The van der Waals surface area contributed by atoms with Gasteiger partial charge in [0, 0.05) is 31.9 Å². The number of benzene rings is 3. The summed E-state index contributed by atoms with van der Waals surface area (Å²) in [7, 11) is 0. The van der Waals surface area contributed by atoms with Gasteiger partial charge in [-0.15, -0.1) is 0 Å². The zero-order valence-electron chi connectivity index (χ0n) is 24.3. The molecule has 1 spiro atoms. The van der Waals surface area contributed by atoms with E-state index in [0.29, 0.717) is 32.2 Å². The quantitative estimate of drug-likeness (QED) is 0.130. The number of primary amides is 1. The molecule has 0 bridgehead atoms. The molecule has 3 aromatic carbocycles. The first-order valence-electron chi connectivity index (χ1n) is 14.7. The summed E-state index contributed by atoms with van der Waals surface area (Å²) < 4.78 is 0. The van der Waals surface area contributed by atoms with Crippen LogP contribution in [0.15, 0.2) is 72.8 Å². The number of guanidine groups is 1. The number of para-hydroxylation sites is 1. The Kier molecular flexibility index (Phi) is 9.10. The average molecular weight is 585 g/mol. The largest absolute Gasteiger partial charge is 0.370 e. The number of piperidine rings is 1. The summed E-state index contributed by atoms with van der Waals surface area (Å²) in [6, 6.07) is 23.8. The van der Waals surface area contributed by atoms with Gasteiger partial charge in [-0.05, 0) is 54.2 Å². The summed E-state index contributed by atoms with van der Waals surface area (Å²) in [5, 5.41) is 15.1. The van der Waals surface area contributed by atoms with E-state index in [9.17, 15) is 14.4 Å². The number of hydrogen-bond acceptors (Lipinski definition) is 6. The second-order valence-corrected chi connectivity index (χ2v) is 11.4. The van der Waals surface area contributed by atoms with E-state index < -0.39 is 23.4 Å². The van der Waals surface area contributed by atoms with Crippen molar-refractivity contribution >= 4 is 40.1 Å². The van der Waals surface area contributed by atoms with Crippen molar-refractivity contribution in [2.45, 2.75) is 43.8 Å². The van der Waals surface area contributed by atoms with Gasteiger partial charge in [0.25, 0.3) is 0 Å². The van der Waals surface area contributed by atoms with Gasteiger partial charge >= 0.3 is 0 Å². The average Bonchev–Trinajstić information content (AvgIpc) is 3.26. The van der Waals surface area contributed by atoms with Crippen LogP contribution in [0, 0.1) is 5.41 Å². The van der Waals surface area contributed by atoms with Gasteiger partial charge in [-0.3, -0.25) is 24.7 Å². The summed E-state index contributed by atoms with van der Waals surface area (Å²) in [4.78, 5) is 45.3. The first-order chi connectivity index (χ1) is 20.8. The number of fused-ring (bicyclic) bond motifs is 1. The smallest absolute Gasteiger partial charge is 0.250 e. The molecule has 2 saturated heterocycles. The number of rotatable bonds is 11. The van der Waals surface area contributed by atoms with Gasteiger partial charge in [-0.25, -0.2) is 0 Å².